The Balaban J connectivity index is 1.90. The number of pyridine rings is 1. The molecule has 2 heterocycles. The van der Waals surface area contributed by atoms with Gasteiger partial charge in [-0.1, -0.05) is 24.3 Å². The highest BCUT2D eigenvalue weighted by Crippen LogP contribution is 2.30. The summed E-state index contributed by atoms with van der Waals surface area (Å²) < 4.78 is 29.8. The van der Waals surface area contributed by atoms with Crippen molar-refractivity contribution in [3.63, 3.8) is 0 Å². The van der Waals surface area contributed by atoms with Crippen molar-refractivity contribution in [1.29, 1.82) is 0 Å². The molecule has 4 rings (SSSR count). The van der Waals surface area contributed by atoms with Gasteiger partial charge in [-0.05, 0) is 48.0 Å². The molecule has 0 saturated carbocycles. The number of carbonyl (C=O) groups is 2. The standard InChI is InChI=1S/C22H13F2NO3/c23-16-4-3-5-17(24)20(16)21(26)19-12-15(18-6-1-2-11-25(18)19)13-7-9-14(10-8-13)22(27)28/h1-12H,(H,27,28). The van der Waals surface area contributed by atoms with Crippen LogP contribution in [0.4, 0.5) is 8.78 Å². The van der Waals surface area contributed by atoms with Crippen LogP contribution in [-0.2, 0) is 0 Å². The number of nitrogens with zero attached hydrogens (tertiary/aromatic N) is 1. The Kier molecular flexibility index (Phi) is 4.24. The van der Waals surface area contributed by atoms with E-state index < -0.39 is 29.0 Å². The highest BCUT2D eigenvalue weighted by atomic mass is 19.1. The molecule has 2 aromatic heterocycles. The lowest BCUT2D eigenvalue weighted by atomic mass is 10.0. The van der Waals surface area contributed by atoms with Crippen molar-refractivity contribution < 1.29 is 23.5 Å². The monoisotopic (exact) mass is 377 g/mol. The molecule has 2 aromatic carbocycles. The fraction of sp³-hybridized carbons (Fsp3) is 0. The van der Waals surface area contributed by atoms with E-state index >= 15 is 0 Å². The Hall–Kier alpha value is -3.80. The molecule has 1 N–H and O–H groups in total. The quantitative estimate of drug-likeness (QED) is 0.519. The predicted molar refractivity (Wildman–Crippen MR) is 99.6 cm³/mol. The lowest BCUT2D eigenvalue weighted by Gasteiger charge is -2.05. The zero-order valence-electron chi connectivity index (χ0n) is 14.4. The zero-order chi connectivity index (χ0) is 19.8. The number of aromatic carboxylic acids is 1. The molecule has 28 heavy (non-hydrogen) atoms. The summed E-state index contributed by atoms with van der Waals surface area (Å²) in [6, 6.07) is 16.3. The van der Waals surface area contributed by atoms with Gasteiger partial charge in [-0.2, -0.15) is 0 Å². The average Bonchev–Trinajstić information content (AvgIpc) is 3.07. The van der Waals surface area contributed by atoms with Crippen molar-refractivity contribution in [2.45, 2.75) is 0 Å². The SMILES string of the molecule is O=C(O)c1ccc(-c2cc(C(=O)c3c(F)cccc3F)n3ccccc23)cc1. The molecule has 0 aliphatic heterocycles. The number of benzene rings is 2. The first kappa shape index (κ1) is 17.6. The summed E-state index contributed by atoms with van der Waals surface area (Å²) in [5.41, 5.74) is 1.62. The third kappa shape index (κ3) is 2.85. The molecular formula is C22H13F2NO3. The average molecular weight is 377 g/mol. The topological polar surface area (TPSA) is 58.8 Å². The summed E-state index contributed by atoms with van der Waals surface area (Å²) in [5.74, 6) is -3.67. The molecule has 0 bridgehead atoms. The number of carbonyl (C=O) groups excluding carboxylic acids is 1. The van der Waals surface area contributed by atoms with Crippen LogP contribution in [0.3, 0.4) is 0 Å². The summed E-state index contributed by atoms with van der Waals surface area (Å²) in [7, 11) is 0. The molecule has 0 spiro atoms. The Morgan fingerprint density at radius 1 is 0.857 bits per heavy atom. The minimum Gasteiger partial charge on any atom is -0.478 e. The first-order valence-corrected chi connectivity index (χ1v) is 8.40. The molecule has 0 aliphatic carbocycles. The van der Waals surface area contributed by atoms with E-state index in [0.717, 1.165) is 12.1 Å². The number of aromatic nitrogens is 1. The maximum Gasteiger partial charge on any atom is 0.335 e. The van der Waals surface area contributed by atoms with Crippen LogP contribution in [0.2, 0.25) is 0 Å². The summed E-state index contributed by atoms with van der Waals surface area (Å²) in [4.78, 5) is 24.0. The summed E-state index contributed by atoms with van der Waals surface area (Å²) in [6.07, 6.45) is 1.64. The molecular weight excluding hydrogens is 364 g/mol. The van der Waals surface area contributed by atoms with Crippen LogP contribution in [0.1, 0.15) is 26.4 Å². The first-order valence-electron chi connectivity index (χ1n) is 8.40. The van der Waals surface area contributed by atoms with Crippen molar-refractivity contribution in [2.24, 2.45) is 0 Å². The number of rotatable bonds is 4. The summed E-state index contributed by atoms with van der Waals surface area (Å²) >= 11 is 0. The van der Waals surface area contributed by atoms with Gasteiger partial charge in [0.25, 0.3) is 0 Å². The largest absolute Gasteiger partial charge is 0.478 e. The molecule has 4 nitrogen and oxygen atoms in total. The van der Waals surface area contributed by atoms with Gasteiger partial charge in [0.1, 0.15) is 11.6 Å². The number of hydrogen-bond donors (Lipinski definition) is 1. The van der Waals surface area contributed by atoms with Gasteiger partial charge < -0.3 is 9.51 Å². The lowest BCUT2D eigenvalue weighted by Crippen LogP contribution is -2.09. The fourth-order valence-electron chi connectivity index (χ4n) is 3.19. The van der Waals surface area contributed by atoms with Crippen molar-refractivity contribution in [3.05, 3.63) is 101 Å². The Bertz CT molecular complexity index is 1210. The third-order valence-corrected chi connectivity index (χ3v) is 4.54. The zero-order valence-corrected chi connectivity index (χ0v) is 14.4. The predicted octanol–water partition coefficient (Wildman–Crippen LogP) is 4.81. The van der Waals surface area contributed by atoms with E-state index in [0.29, 0.717) is 16.6 Å². The molecule has 0 saturated heterocycles. The molecule has 0 fully saturated rings. The Morgan fingerprint density at radius 3 is 2.18 bits per heavy atom. The van der Waals surface area contributed by atoms with Crippen LogP contribution in [0.15, 0.2) is 72.9 Å². The number of ketones is 1. The van der Waals surface area contributed by atoms with Crippen LogP contribution >= 0.6 is 0 Å². The maximum atomic E-state index is 14.1. The van der Waals surface area contributed by atoms with Gasteiger partial charge in [-0.25, -0.2) is 13.6 Å². The molecule has 0 amide bonds. The summed E-state index contributed by atoms with van der Waals surface area (Å²) in [5, 5.41) is 9.05. The van der Waals surface area contributed by atoms with E-state index in [1.807, 2.05) is 0 Å². The molecule has 138 valence electrons. The van der Waals surface area contributed by atoms with Gasteiger partial charge in [-0.3, -0.25) is 4.79 Å². The molecule has 6 heteroatoms. The third-order valence-electron chi connectivity index (χ3n) is 4.54. The molecule has 0 unspecified atom stereocenters. The van der Waals surface area contributed by atoms with Crippen LogP contribution in [0, 0.1) is 11.6 Å². The lowest BCUT2D eigenvalue weighted by molar-refractivity contribution is 0.0696. The molecule has 0 atom stereocenters. The van der Waals surface area contributed by atoms with Gasteiger partial charge in [0, 0.05) is 11.8 Å². The van der Waals surface area contributed by atoms with Gasteiger partial charge in [0.2, 0.25) is 5.78 Å². The van der Waals surface area contributed by atoms with Gasteiger partial charge in [-0.15, -0.1) is 0 Å². The highest BCUT2D eigenvalue weighted by Gasteiger charge is 2.23. The van der Waals surface area contributed by atoms with E-state index in [2.05, 4.69) is 0 Å². The minimum atomic E-state index is -1.04. The van der Waals surface area contributed by atoms with Crippen LogP contribution < -0.4 is 0 Å². The second kappa shape index (κ2) is 6.74. The highest BCUT2D eigenvalue weighted by molar-refractivity contribution is 6.10. The smallest absolute Gasteiger partial charge is 0.335 e. The molecule has 0 aliphatic rings. The summed E-state index contributed by atoms with van der Waals surface area (Å²) in [6.45, 7) is 0. The second-order valence-electron chi connectivity index (χ2n) is 6.21. The number of carboxylic acids is 1. The Morgan fingerprint density at radius 2 is 1.54 bits per heavy atom. The van der Waals surface area contributed by atoms with Crippen molar-refractivity contribution in [3.8, 4) is 11.1 Å². The van der Waals surface area contributed by atoms with E-state index in [-0.39, 0.29) is 11.3 Å². The van der Waals surface area contributed by atoms with Gasteiger partial charge >= 0.3 is 5.97 Å². The van der Waals surface area contributed by atoms with Crippen molar-refractivity contribution in [2.75, 3.05) is 0 Å². The number of halogens is 2. The minimum absolute atomic E-state index is 0.108. The van der Waals surface area contributed by atoms with Crippen LogP contribution in [0.25, 0.3) is 16.6 Å². The number of carboxylic acid groups (broad SMARTS) is 1. The fourth-order valence-corrected chi connectivity index (χ4v) is 3.19. The molecule has 4 aromatic rings. The number of fused-ring (bicyclic) bond motifs is 1. The number of hydrogen-bond acceptors (Lipinski definition) is 2. The van der Waals surface area contributed by atoms with E-state index in [9.17, 15) is 18.4 Å². The molecule has 0 radical (unpaired) electrons. The van der Waals surface area contributed by atoms with Crippen LogP contribution in [0.5, 0.6) is 0 Å². The normalized spacial score (nSPS) is 10.9. The second-order valence-corrected chi connectivity index (χ2v) is 6.21. The van der Waals surface area contributed by atoms with Crippen LogP contribution in [-0.4, -0.2) is 21.3 Å². The van der Waals surface area contributed by atoms with E-state index in [1.165, 1.54) is 18.2 Å². The maximum absolute atomic E-state index is 14.1. The van der Waals surface area contributed by atoms with E-state index in [4.69, 9.17) is 5.11 Å². The Labute approximate surface area is 158 Å². The van der Waals surface area contributed by atoms with Crippen molar-refractivity contribution >= 4 is 17.3 Å². The van der Waals surface area contributed by atoms with Gasteiger partial charge in [0.05, 0.1) is 22.3 Å². The van der Waals surface area contributed by atoms with Gasteiger partial charge in [0.15, 0.2) is 0 Å². The van der Waals surface area contributed by atoms with Crippen molar-refractivity contribution in [1.82, 2.24) is 4.40 Å². The van der Waals surface area contributed by atoms with E-state index in [1.54, 1.807) is 47.0 Å². The first-order chi connectivity index (χ1) is 13.5.